The molecule has 126 valence electrons. The van der Waals surface area contributed by atoms with E-state index in [-0.39, 0.29) is 11.9 Å². The van der Waals surface area contributed by atoms with Crippen LogP contribution in [0.2, 0.25) is 0 Å². The number of hydrogen-bond acceptors (Lipinski definition) is 2. The molecule has 0 radical (unpaired) electrons. The van der Waals surface area contributed by atoms with E-state index in [9.17, 15) is 9.18 Å². The topological polar surface area (TPSA) is 29.5 Å². The van der Waals surface area contributed by atoms with Crippen molar-refractivity contribution in [1.82, 2.24) is 4.90 Å². The maximum absolute atomic E-state index is 13.3. The Kier molecular flexibility index (Phi) is 4.11. The van der Waals surface area contributed by atoms with Crippen LogP contribution < -0.4 is 0 Å². The van der Waals surface area contributed by atoms with Gasteiger partial charge in [0.15, 0.2) is 0 Å². The number of hydrogen-bond donors (Lipinski definition) is 0. The summed E-state index contributed by atoms with van der Waals surface area (Å²) < 4.78 is 18.8. The van der Waals surface area contributed by atoms with Gasteiger partial charge >= 0.3 is 6.09 Å². The molecule has 1 heterocycles. The Hall–Kier alpha value is -1.58. The Labute approximate surface area is 137 Å². The highest BCUT2D eigenvalue weighted by Gasteiger charge is 2.47. The average molecular weight is 319 g/mol. The SMILES string of the molecule is CC(C)(C)OC(=O)N1CCC2(CC1)CC(c1cccc(F)c1)C2. The van der Waals surface area contributed by atoms with E-state index in [2.05, 4.69) is 0 Å². The van der Waals surface area contributed by atoms with Crippen LogP contribution in [0.1, 0.15) is 57.9 Å². The normalized spacial score (nSPS) is 21.1. The van der Waals surface area contributed by atoms with Crippen LogP contribution in [-0.4, -0.2) is 29.7 Å². The van der Waals surface area contributed by atoms with Crippen molar-refractivity contribution in [3.05, 3.63) is 35.6 Å². The number of likely N-dealkylation sites (tertiary alicyclic amines) is 1. The molecule has 4 heteroatoms. The van der Waals surface area contributed by atoms with Crippen molar-refractivity contribution >= 4 is 6.09 Å². The Morgan fingerprint density at radius 3 is 2.48 bits per heavy atom. The van der Waals surface area contributed by atoms with Gasteiger partial charge in [0.1, 0.15) is 11.4 Å². The first-order valence-corrected chi connectivity index (χ1v) is 8.50. The quantitative estimate of drug-likeness (QED) is 0.749. The largest absolute Gasteiger partial charge is 0.444 e. The van der Waals surface area contributed by atoms with E-state index in [1.807, 2.05) is 31.7 Å². The van der Waals surface area contributed by atoms with E-state index in [0.717, 1.165) is 44.3 Å². The van der Waals surface area contributed by atoms with Gasteiger partial charge in [-0.1, -0.05) is 12.1 Å². The van der Waals surface area contributed by atoms with Crippen molar-refractivity contribution in [2.75, 3.05) is 13.1 Å². The van der Waals surface area contributed by atoms with E-state index in [1.165, 1.54) is 6.07 Å². The van der Waals surface area contributed by atoms with Gasteiger partial charge in [-0.15, -0.1) is 0 Å². The lowest BCUT2D eigenvalue weighted by molar-refractivity contribution is -0.0121. The summed E-state index contributed by atoms with van der Waals surface area (Å²) in [5.74, 6) is 0.321. The number of piperidine rings is 1. The fourth-order valence-electron chi connectivity index (χ4n) is 3.88. The summed E-state index contributed by atoms with van der Waals surface area (Å²) in [4.78, 5) is 13.9. The molecule has 3 rings (SSSR count). The van der Waals surface area contributed by atoms with Crippen LogP contribution in [0.5, 0.6) is 0 Å². The predicted molar refractivity (Wildman–Crippen MR) is 87.8 cm³/mol. The van der Waals surface area contributed by atoms with Crippen LogP contribution >= 0.6 is 0 Å². The van der Waals surface area contributed by atoms with Gasteiger partial charge in [-0.05, 0) is 75.5 Å². The minimum atomic E-state index is -0.439. The zero-order valence-electron chi connectivity index (χ0n) is 14.3. The Bertz CT molecular complexity index is 577. The second kappa shape index (κ2) is 5.81. The molecule has 1 saturated heterocycles. The van der Waals surface area contributed by atoms with Gasteiger partial charge < -0.3 is 9.64 Å². The molecule has 0 bridgehead atoms. The van der Waals surface area contributed by atoms with Crippen LogP contribution in [0.4, 0.5) is 9.18 Å². The van der Waals surface area contributed by atoms with E-state index >= 15 is 0 Å². The first kappa shape index (κ1) is 16.3. The maximum atomic E-state index is 13.3. The highest BCUT2D eigenvalue weighted by molar-refractivity contribution is 5.68. The Balaban J connectivity index is 1.52. The van der Waals surface area contributed by atoms with Crippen molar-refractivity contribution in [2.24, 2.45) is 5.41 Å². The lowest BCUT2D eigenvalue weighted by Crippen LogP contribution is -2.49. The fraction of sp³-hybridized carbons (Fsp3) is 0.632. The van der Waals surface area contributed by atoms with Crippen molar-refractivity contribution in [1.29, 1.82) is 0 Å². The zero-order chi connectivity index (χ0) is 16.7. The summed E-state index contributed by atoms with van der Waals surface area (Å²) in [5, 5.41) is 0. The zero-order valence-corrected chi connectivity index (χ0v) is 14.3. The maximum Gasteiger partial charge on any atom is 0.410 e. The van der Waals surface area contributed by atoms with Gasteiger partial charge in [-0.2, -0.15) is 0 Å². The highest BCUT2D eigenvalue weighted by Crippen LogP contribution is 2.56. The van der Waals surface area contributed by atoms with E-state index < -0.39 is 5.60 Å². The molecule has 1 spiro atoms. The van der Waals surface area contributed by atoms with E-state index in [4.69, 9.17) is 4.74 Å². The number of benzene rings is 1. The third-order valence-corrected chi connectivity index (χ3v) is 5.15. The van der Waals surface area contributed by atoms with Gasteiger partial charge in [0.25, 0.3) is 0 Å². The molecule has 0 N–H and O–H groups in total. The summed E-state index contributed by atoms with van der Waals surface area (Å²) in [6.45, 7) is 7.22. The van der Waals surface area contributed by atoms with Gasteiger partial charge in [0.05, 0.1) is 0 Å². The van der Waals surface area contributed by atoms with Crippen molar-refractivity contribution in [3.8, 4) is 0 Å². The number of carbonyl (C=O) groups is 1. The molecule has 23 heavy (non-hydrogen) atoms. The lowest BCUT2D eigenvalue weighted by Gasteiger charge is -2.52. The molecule has 0 atom stereocenters. The molecule has 2 fully saturated rings. The molecule has 1 aromatic carbocycles. The lowest BCUT2D eigenvalue weighted by atomic mass is 9.56. The van der Waals surface area contributed by atoms with Crippen LogP contribution in [0, 0.1) is 11.2 Å². The second-order valence-electron chi connectivity index (χ2n) is 8.13. The number of ether oxygens (including phenoxy) is 1. The molecule has 3 nitrogen and oxygen atoms in total. The third-order valence-electron chi connectivity index (χ3n) is 5.15. The van der Waals surface area contributed by atoms with Crippen molar-refractivity contribution in [3.63, 3.8) is 0 Å². The number of nitrogens with zero attached hydrogens (tertiary/aromatic N) is 1. The molecule has 1 aromatic rings. The molecular formula is C19H26FNO2. The first-order valence-electron chi connectivity index (χ1n) is 8.50. The van der Waals surface area contributed by atoms with Crippen LogP contribution in [-0.2, 0) is 4.74 Å². The molecule has 1 aliphatic carbocycles. The summed E-state index contributed by atoms with van der Waals surface area (Å²) in [7, 11) is 0. The summed E-state index contributed by atoms with van der Waals surface area (Å²) in [6.07, 6.45) is 4.07. The first-order chi connectivity index (χ1) is 10.8. The van der Waals surface area contributed by atoms with Crippen LogP contribution in [0.15, 0.2) is 24.3 Å². The van der Waals surface area contributed by atoms with Gasteiger partial charge in [0, 0.05) is 13.1 Å². The second-order valence-corrected chi connectivity index (χ2v) is 8.13. The Morgan fingerprint density at radius 1 is 1.26 bits per heavy atom. The van der Waals surface area contributed by atoms with Crippen LogP contribution in [0.3, 0.4) is 0 Å². The highest BCUT2D eigenvalue weighted by atomic mass is 19.1. The summed E-state index contributed by atoms with van der Waals surface area (Å²) >= 11 is 0. The molecule has 1 amide bonds. The summed E-state index contributed by atoms with van der Waals surface area (Å²) in [5.41, 5.74) is 1.02. The Morgan fingerprint density at radius 2 is 1.91 bits per heavy atom. The number of halogens is 1. The molecule has 1 aliphatic heterocycles. The molecule has 0 unspecified atom stereocenters. The average Bonchev–Trinajstić information content (AvgIpc) is 2.43. The standard InChI is InChI=1S/C19H26FNO2/c1-18(2,3)23-17(22)21-9-7-19(8-10-21)12-15(13-19)14-5-4-6-16(20)11-14/h4-6,11,15H,7-10,12-13H2,1-3H3. The van der Waals surface area contributed by atoms with Crippen LogP contribution in [0.25, 0.3) is 0 Å². The predicted octanol–water partition coefficient (Wildman–Crippen LogP) is 4.72. The van der Waals surface area contributed by atoms with Crippen molar-refractivity contribution in [2.45, 2.75) is 58.0 Å². The molecular weight excluding hydrogens is 293 g/mol. The third kappa shape index (κ3) is 3.67. The minimum Gasteiger partial charge on any atom is -0.444 e. The summed E-state index contributed by atoms with van der Waals surface area (Å²) in [6, 6.07) is 6.97. The molecule has 0 aromatic heterocycles. The fourth-order valence-corrected chi connectivity index (χ4v) is 3.88. The van der Waals surface area contributed by atoms with E-state index in [1.54, 1.807) is 12.1 Å². The number of amides is 1. The monoisotopic (exact) mass is 319 g/mol. The number of rotatable bonds is 1. The molecule has 1 saturated carbocycles. The van der Waals surface area contributed by atoms with Gasteiger partial charge in [-0.25, -0.2) is 9.18 Å². The minimum absolute atomic E-state index is 0.150. The van der Waals surface area contributed by atoms with Crippen molar-refractivity contribution < 1.29 is 13.9 Å². The number of carbonyl (C=O) groups excluding carboxylic acids is 1. The van der Waals surface area contributed by atoms with Gasteiger partial charge in [-0.3, -0.25) is 0 Å². The van der Waals surface area contributed by atoms with Gasteiger partial charge in [0.2, 0.25) is 0 Å². The van der Waals surface area contributed by atoms with E-state index in [0.29, 0.717) is 11.3 Å². The smallest absolute Gasteiger partial charge is 0.410 e. The molecule has 2 aliphatic rings.